The van der Waals surface area contributed by atoms with E-state index in [1.807, 2.05) is 0 Å². The van der Waals surface area contributed by atoms with Gasteiger partial charge in [0.15, 0.2) is 0 Å². The van der Waals surface area contributed by atoms with Gasteiger partial charge in [-0.05, 0) is 26.7 Å². The van der Waals surface area contributed by atoms with Crippen molar-refractivity contribution in [2.24, 2.45) is 5.73 Å². The van der Waals surface area contributed by atoms with Gasteiger partial charge in [0.2, 0.25) is 0 Å². The lowest BCUT2D eigenvalue weighted by molar-refractivity contribution is -0.139. The summed E-state index contributed by atoms with van der Waals surface area (Å²) in [6, 6.07) is -0.985. The molecular formula is C11H22N2O5. The molecule has 1 amide bonds. The van der Waals surface area contributed by atoms with Crippen LogP contribution in [0, 0.1) is 0 Å². The number of ether oxygens (including phenoxy) is 2. The Morgan fingerprint density at radius 2 is 2.06 bits per heavy atom. The van der Waals surface area contributed by atoms with Crippen LogP contribution in [0.2, 0.25) is 0 Å². The minimum Gasteiger partial charge on any atom is -0.480 e. The van der Waals surface area contributed by atoms with E-state index in [1.54, 1.807) is 13.8 Å². The Balaban J connectivity index is 4.24. The molecule has 0 aromatic heterocycles. The number of carbonyl (C=O) groups excluding carboxylic acids is 1. The van der Waals surface area contributed by atoms with E-state index in [-0.39, 0.29) is 13.0 Å². The number of carboxylic acid groups (broad SMARTS) is 1. The topological polar surface area (TPSA) is 111 Å². The third-order valence-electron chi connectivity index (χ3n) is 2.29. The molecule has 0 saturated heterocycles. The van der Waals surface area contributed by atoms with Gasteiger partial charge in [0, 0.05) is 20.3 Å². The molecule has 18 heavy (non-hydrogen) atoms. The molecular weight excluding hydrogens is 240 g/mol. The van der Waals surface area contributed by atoms with Crippen molar-refractivity contribution in [1.82, 2.24) is 5.32 Å². The number of nitrogens with one attached hydrogen (secondary N) is 1. The van der Waals surface area contributed by atoms with Gasteiger partial charge in [-0.2, -0.15) is 0 Å². The number of rotatable bonds is 8. The second-order valence-electron chi connectivity index (χ2n) is 4.52. The van der Waals surface area contributed by atoms with Crippen LogP contribution in [-0.2, 0) is 14.3 Å². The molecule has 0 heterocycles. The number of carboxylic acids is 1. The molecule has 0 radical (unpaired) electrons. The van der Waals surface area contributed by atoms with Crippen LogP contribution in [0.1, 0.15) is 26.7 Å². The number of amides is 1. The zero-order chi connectivity index (χ0) is 14.2. The van der Waals surface area contributed by atoms with Crippen molar-refractivity contribution >= 4 is 12.1 Å². The highest BCUT2D eigenvalue weighted by Gasteiger charge is 2.25. The van der Waals surface area contributed by atoms with Crippen LogP contribution in [0.25, 0.3) is 0 Å². The third kappa shape index (κ3) is 7.08. The Kier molecular flexibility index (Phi) is 7.30. The first-order valence-electron chi connectivity index (χ1n) is 5.73. The van der Waals surface area contributed by atoms with Crippen LogP contribution in [0.4, 0.5) is 4.79 Å². The lowest BCUT2D eigenvalue weighted by atomic mass is 10.1. The molecule has 106 valence electrons. The molecule has 0 spiro atoms. The van der Waals surface area contributed by atoms with Gasteiger partial charge in [-0.3, -0.25) is 0 Å². The standard InChI is InChI=1S/C11H22N2O5/c1-11(2,7-12)18-10(16)13-8(9(14)15)5-4-6-17-3/h8H,4-7,12H2,1-3H3,(H,13,16)(H,14,15). The minimum absolute atomic E-state index is 0.155. The summed E-state index contributed by atoms with van der Waals surface area (Å²) in [5.41, 5.74) is 4.59. The van der Waals surface area contributed by atoms with Crippen molar-refractivity contribution in [3.8, 4) is 0 Å². The maximum absolute atomic E-state index is 11.5. The predicted octanol–water partition coefficient (Wildman–Crippen LogP) is 0.330. The van der Waals surface area contributed by atoms with Crippen LogP contribution in [0.3, 0.4) is 0 Å². The fourth-order valence-corrected chi connectivity index (χ4v) is 1.15. The largest absolute Gasteiger partial charge is 0.480 e. The molecule has 4 N–H and O–H groups in total. The third-order valence-corrected chi connectivity index (χ3v) is 2.29. The summed E-state index contributed by atoms with van der Waals surface area (Å²) in [4.78, 5) is 22.4. The van der Waals surface area contributed by atoms with Gasteiger partial charge in [0.1, 0.15) is 11.6 Å². The van der Waals surface area contributed by atoms with Gasteiger partial charge in [0.05, 0.1) is 0 Å². The molecule has 1 atom stereocenters. The quantitative estimate of drug-likeness (QED) is 0.544. The summed E-state index contributed by atoms with van der Waals surface area (Å²) in [6.07, 6.45) is 0.0327. The molecule has 0 aliphatic carbocycles. The van der Waals surface area contributed by atoms with Gasteiger partial charge in [-0.15, -0.1) is 0 Å². The zero-order valence-electron chi connectivity index (χ0n) is 11.1. The van der Waals surface area contributed by atoms with E-state index < -0.39 is 23.7 Å². The lowest BCUT2D eigenvalue weighted by Crippen LogP contribution is -2.46. The fourth-order valence-electron chi connectivity index (χ4n) is 1.15. The van der Waals surface area contributed by atoms with E-state index in [0.717, 1.165) is 0 Å². The number of hydrogen-bond donors (Lipinski definition) is 3. The Bertz CT molecular complexity index is 281. The first-order chi connectivity index (χ1) is 8.32. The minimum atomic E-state index is -1.10. The van der Waals surface area contributed by atoms with Crippen molar-refractivity contribution in [3.63, 3.8) is 0 Å². The Morgan fingerprint density at radius 3 is 2.50 bits per heavy atom. The molecule has 0 aromatic carbocycles. The molecule has 0 aliphatic rings. The zero-order valence-corrected chi connectivity index (χ0v) is 11.1. The number of aliphatic carboxylic acids is 1. The smallest absolute Gasteiger partial charge is 0.408 e. The van der Waals surface area contributed by atoms with Crippen molar-refractivity contribution in [1.29, 1.82) is 0 Å². The summed E-state index contributed by atoms with van der Waals surface area (Å²) in [7, 11) is 1.53. The summed E-state index contributed by atoms with van der Waals surface area (Å²) in [5, 5.41) is 11.2. The van der Waals surface area contributed by atoms with E-state index in [1.165, 1.54) is 7.11 Å². The molecule has 0 rings (SSSR count). The number of carbonyl (C=O) groups is 2. The van der Waals surface area contributed by atoms with Crippen molar-refractivity contribution in [2.45, 2.75) is 38.3 Å². The van der Waals surface area contributed by atoms with E-state index >= 15 is 0 Å². The van der Waals surface area contributed by atoms with Crippen LogP contribution in [0.15, 0.2) is 0 Å². The van der Waals surface area contributed by atoms with Crippen LogP contribution in [0.5, 0.6) is 0 Å². The number of alkyl carbamates (subject to hydrolysis) is 1. The van der Waals surface area contributed by atoms with Gasteiger partial charge >= 0.3 is 12.1 Å². The Hall–Kier alpha value is -1.34. The summed E-state index contributed by atoms with van der Waals surface area (Å²) in [5.74, 6) is -1.10. The highest BCUT2D eigenvalue weighted by Crippen LogP contribution is 2.07. The van der Waals surface area contributed by atoms with Crippen LogP contribution < -0.4 is 11.1 Å². The average Bonchev–Trinajstić information content (AvgIpc) is 2.27. The monoisotopic (exact) mass is 262 g/mol. The highest BCUT2D eigenvalue weighted by molar-refractivity contribution is 5.79. The van der Waals surface area contributed by atoms with Crippen LogP contribution >= 0.6 is 0 Å². The number of nitrogens with two attached hydrogens (primary N) is 1. The molecule has 0 aromatic rings. The second-order valence-corrected chi connectivity index (χ2v) is 4.52. The predicted molar refractivity (Wildman–Crippen MR) is 65.3 cm³/mol. The van der Waals surface area contributed by atoms with Crippen molar-refractivity contribution < 1.29 is 24.2 Å². The average molecular weight is 262 g/mol. The molecule has 7 nitrogen and oxygen atoms in total. The SMILES string of the molecule is COCCCC(NC(=O)OC(C)(C)CN)C(=O)O. The number of hydrogen-bond acceptors (Lipinski definition) is 5. The van der Waals surface area contributed by atoms with Gasteiger partial charge in [-0.1, -0.05) is 0 Å². The number of methoxy groups -OCH3 is 1. The van der Waals surface area contributed by atoms with Gasteiger partial charge in [-0.25, -0.2) is 9.59 Å². The van der Waals surface area contributed by atoms with E-state index in [0.29, 0.717) is 13.0 Å². The van der Waals surface area contributed by atoms with E-state index in [9.17, 15) is 9.59 Å². The molecule has 0 saturated carbocycles. The van der Waals surface area contributed by atoms with Crippen molar-refractivity contribution in [2.75, 3.05) is 20.3 Å². The Labute approximate surface area is 107 Å². The summed E-state index contributed by atoms with van der Waals surface area (Å²) in [6.45, 7) is 3.89. The molecule has 1 unspecified atom stereocenters. The second kappa shape index (κ2) is 7.88. The van der Waals surface area contributed by atoms with E-state index in [2.05, 4.69) is 5.32 Å². The summed E-state index contributed by atoms with van der Waals surface area (Å²) >= 11 is 0. The lowest BCUT2D eigenvalue weighted by Gasteiger charge is -2.24. The Morgan fingerprint density at radius 1 is 1.44 bits per heavy atom. The van der Waals surface area contributed by atoms with Crippen molar-refractivity contribution in [3.05, 3.63) is 0 Å². The van der Waals surface area contributed by atoms with E-state index in [4.69, 9.17) is 20.3 Å². The maximum Gasteiger partial charge on any atom is 0.408 e. The van der Waals surface area contributed by atoms with Gasteiger partial charge < -0.3 is 25.6 Å². The van der Waals surface area contributed by atoms with Crippen LogP contribution in [-0.4, -0.2) is 49.1 Å². The molecule has 0 aliphatic heterocycles. The van der Waals surface area contributed by atoms with Gasteiger partial charge in [0.25, 0.3) is 0 Å². The maximum atomic E-state index is 11.5. The highest BCUT2D eigenvalue weighted by atomic mass is 16.6. The molecule has 0 fully saturated rings. The summed E-state index contributed by atoms with van der Waals surface area (Å²) < 4.78 is 9.83. The fraction of sp³-hybridized carbons (Fsp3) is 0.818. The molecule has 0 bridgehead atoms. The molecule has 7 heteroatoms. The normalized spacial score (nSPS) is 12.9. The first kappa shape index (κ1) is 16.7. The first-order valence-corrected chi connectivity index (χ1v) is 5.73.